The molecule has 19 heavy (non-hydrogen) atoms. The van der Waals surface area contributed by atoms with Gasteiger partial charge in [0.2, 0.25) is 0 Å². The van der Waals surface area contributed by atoms with Crippen LogP contribution < -0.4 is 5.32 Å². The third-order valence-electron chi connectivity index (χ3n) is 4.04. The lowest BCUT2D eigenvalue weighted by Gasteiger charge is -2.19. The highest BCUT2D eigenvalue weighted by atomic mass is 32.2. The van der Waals surface area contributed by atoms with Crippen LogP contribution in [0.2, 0.25) is 0 Å². The normalized spacial score (nSPS) is 18.6. The van der Waals surface area contributed by atoms with Crippen LogP contribution in [0.5, 0.6) is 0 Å². The molecule has 1 aromatic rings. The molecule has 1 unspecified atom stereocenters. The van der Waals surface area contributed by atoms with E-state index in [-0.39, 0.29) is 17.0 Å². The second-order valence-corrected chi connectivity index (χ2v) is 7.81. The maximum Gasteiger partial charge on any atom is 0.155 e. The van der Waals surface area contributed by atoms with Gasteiger partial charge in [-0.25, -0.2) is 8.42 Å². The van der Waals surface area contributed by atoms with Gasteiger partial charge in [0.25, 0.3) is 0 Å². The highest BCUT2D eigenvalue weighted by Crippen LogP contribution is 2.27. The minimum Gasteiger partial charge on any atom is -0.312 e. The van der Waals surface area contributed by atoms with Crippen molar-refractivity contribution in [3.63, 3.8) is 0 Å². The number of rotatable bonds is 5. The SMILES string of the molecule is CNC(CS(=O)(=O)C1CCCC1)c1ccc(C)cc1. The van der Waals surface area contributed by atoms with Crippen molar-refractivity contribution >= 4 is 9.84 Å². The van der Waals surface area contributed by atoms with Crippen molar-refractivity contribution in [2.75, 3.05) is 12.8 Å². The summed E-state index contributed by atoms with van der Waals surface area (Å²) in [6, 6.07) is 7.98. The molecule has 0 aromatic heterocycles. The van der Waals surface area contributed by atoms with Gasteiger partial charge < -0.3 is 5.32 Å². The summed E-state index contributed by atoms with van der Waals surface area (Å²) in [5, 5.41) is 3.02. The number of hydrogen-bond donors (Lipinski definition) is 1. The van der Waals surface area contributed by atoms with E-state index in [4.69, 9.17) is 0 Å². The lowest BCUT2D eigenvalue weighted by Crippen LogP contribution is -2.30. The lowest BCUT2D eigenvalue weighted by molar-refractivity contribution is 0.560. The van der Waals surface area contributed by atoms with Crippen LogP contribution in [-0.2, 0) is 9.84 Å². The van der Waals surface area contributed by atoms with E-state index in [0.29, 0.717) is 0 Å². The summed E-state index contributed by atoms with van der Waals surface area (Å²) in [5.41, 5.74) is 2.24. The molecule has 1 aromatic carbocycles. The Kier molecular flexibility index (Phi) is 4.63. The second-order valence-electron chi connectivity index (χ2n) is 5.49. The second kappa shape index (κ2) is 6.06. The molecule has 1 N–H and O–H groups in total. The van der Waals surface area contributed by atoms with Gasteiger partial charge in [-0.2, -0.15) is 0 Å². The van der Waals surface area contributed by atoms with E-state index in [1.54, 1.807) is 0 Å². The first-order valence-electron chi connectivity index (χ1n) is 6.98. The van der Waals surface area contributed by atoms with Crippen LogP contribution in [-0.4, -0.2) is 26.5 Å². The average molecular weight is 281 g/mol. The van der Waals surface area contributed by atoms with Crippen LogP contribution in [0.15, 0.2) is 24.3 Å². The van der Waals surface area contributed by atoms with Gasteiger partial charge in [-0.3, -0.25) is 0 Å². The zero-order valence-corrected chi connectivity index (χ0v) is 12.5. The van der Waals surface area contributed by atoms with E-state index in [1.165, 1.54) is 5.56 Å². The topological polar surface area (TPSA) is 46.2 Å². The molecule has 0 aliphatic heterocycles. The summed E-state index contributed by atoms with van der Waals surface area (Å²) in [6.45, 7) is 2.04. The number of sulfone groups is 1. The summed E-state index contributed by atoms with van der Waals surface area (Å²) in [4.78, 5) is 0. The van der Waals surface area contributed by atoms with Gasteiger partial charge in [-0.05, 0) is 32.4 Å². The monoisotopic (exact) mass is 281 g/mol. The number of benzene rings is 1. The summed E-state index contributed by atoms with van der Waals surface area (Å²) in [6.07, 6.45) is 3.79. The fraction of sp³-hybridized carbons (Fsp3) is 0.600. The molecule has 1 fully saturated rings. The molecular formula is C15H23NO2S. The summed E-state index contributed by atoms with van der Waals surface area (Å²) < 4.78 is 24.8. The predicted octanol–water partition coefficient (Wildman–Crippen LogP) is 2.61. The fourth-order valence-corrected chi connectivity index (χ4v) is 4.91. The predicted molar refractivity (Wildman–Crippen MR) is 79.0 cm³/mol. The van der Waals surface area contributed by atoms with Crippen LogP contribution in [0.1, 0.15) is 42.9 Å². The maximum atomic E-state index is 12.4. The molecule has 0 saturated heterocycles. The Hall–Kier alpha value is -0.870. The largest absolute Gasteiger partial charge is 0.312 e. The standard InChI is InChI=1S/C15H23NO2S/c1-12-7-9-13(10-8-12)15(16-2)11-19(17,18)14-5-3-4-6-14/h7-10,14-16H,3-6,11H2,1-2H3. The Morgan fingerprint density at radius 3 is 2.32 bits per heavy atom. The van der Waals surface area contributed by atoms with Crippen molar-refractivity contribution in [1.82, 2.24) is 5.32 Å². The van der Waals surface area contributed by atoms with Gasteiger partial charge in [0.1, 0.15) is 0 Å². The molecule has 0 spiro atoms. The van der Waals surface area contributed by atoms with E-state index < -0.39 is 9.84 Å². The van der Waals surface area contributed by atoms with Crippen molar-refractivity contribution in [3.8, 4) is 0 Å². The highest BCUT2D eigenvalue weighted by Gasteiger charge is 2.31. The zero-order valence-electron chi connectivity index (χ0n) is 11.7. The third kappa shape index (κ3) is 3.57. The van der Waals surface area contributed by atoms with Gasteiger partial charge in [0, 0.05) is 6.04 Å². The molecule has 0 amide bonds. The minimum atomic E-state index is -2.99. The summed E-state index contributed by atoms with van der Waals surface area (Å²) in [7, 11) is -1.16. The van der Waals surface area contributed by atoms with Gasteiger partial charge in [-0.15, -0.1) is 0 Å². The molecule has 0 bridgehead atoms. The van der Waals surface area contributed by atoms with Crippen molar-refractivity contribution < 1.29 is 8.42 Å². The molecule has 1 aliphatic carbocycles. The van der Waals surface area contributed by atoms with E-state index in [2.05, 4.69) is 5.32 Å². The lowest BCUT2D eigenvalue weighted by atomic mass is 10.1. The Balaban J connectivity index is 2.12. The summed E-state index contributed by atoms with van der Waals surface area (Å²) in [5.74, 6) is 0.206. The molecule has 2 rings (SSSR count). The molecule has 1 atom stereocenters. The zero-order chi connectivity index (χ0) is 13.9. The van der Waals surface area contributed by atoms with Crippen molar-refractivity contribution in [2.24, 2.45) is 0 Å². The molecule has 0 heterocycles. The van der Waals surface area contributed by atoms with E-state index in [1.807, 2.05) is 38.2 Å². The van der Waals surface area contributed by atoms with Gasteiger partial charge >= 0.3 is 0 Å². The third-order valence-corrected chi connectivity index (χ3v) is 6.32. The van der Waals surface area contributed by atoms with Crippen molar-refractivity contribution in [1.29, 1.82) is 0 Å². The fourth-order valence-electron chi connectivity index (χ4n) is 2.76. The highest BCUT2D eigenvalue weighted by molar-refractivity contribution is 7.92. The minimum absolute atomic E-state index is 0.105. The first-order chi connectivity index (χ1) is 9.03. The first kappa shape index (κ1) is 14.5. The van der Waals surface area contributed by atoms with Crippen LogP contribution in [0.3, 0.4) is 0 Å². The Bertz CT molecular complexity index is 501. The number of hydrogen-bond acceptors (Lipinski definition) is 3. The molecule has 3 nitrogen and oxygen atoms in total. The van der Waals surface area contributed by atoms with E-state index in [9.17, 15) is 8.42 Å². The van der Waals surface area contributed by atoms with E-state index >= 15 is 0 Å². The quantitative estimate of drug-likeness (QED) is 0.902. The Morgan fingerprint density at radius 2 is 1.79 bits per heavy atom. The Labute approximate surface area is 116 Å². The van der Waals surface area contributed by atoms with Crippen molar-refractivity contribution in [3.05, 3.63) is 35.4 Å². The van der Waals surface area contributed by atoms with Gasteiger partial charge in [-0.1, -0.05) is 42.7 Å². The van der Waals surface area contributed by atoms with Crippen LogP contribution in [0.25, 0.3) is 0 Å². The average Bonchev–Trinajstić information content (AvgIpc) is 2.92. The molecule has 0 radical (unpaired) electrons. The van der Waals surface area contributed by atoms with Crippen LogP contribution >= 0.6 is 0 Å². The first-order valence-corrected chi connectivity index (χ1v) is 8.70. The molecular weight excluding hydrogens is 258 g/mol. The smallest absolute Gasteiger partial charge is 0.155 e. The van der Waals surface area contributed by atoms with Gasteiger partial charge in [0.15, 0.2) is 9.84 Å². The molecule has 4 heteroatoms. The summed E-state index contributed by atoms with van der Waals surface area (Å²) >= 11 is 0. The molecule has 1 aliphatic rings. The van der Waals surface area contributed by atoms with E-state index in [0.717, 1.165) is 31.2 Å². The maximum absolute atomic E-state index is 12.4. The molecule has 106 valence electrons. The van der Waals surface area contributed by atoms with Gasteiger partial charge in [0.05, 0.1) is 11.0 Å². The van der Waals surface area contributed by atoms with Crippen LogP contribution in [0, 0.1) is 6.92 Å². The van der Waals surface area contributed by atoms with Crippen LogP contribution in [0.4, 0.5) is 0 Å². The number of nitrogens with one attached hydrogen (secondary N) is 1. The molecule has 1 saturated carbocycles. The Morgan fingerprint density at radius 1 is 1.21 bits per heavy atom. The van der Waals surface area contributed by atoms with Crippen molar-refractivity contribution in [2.45, 2.75) is 43.9 Å². The number of aryl methyl sites for hydroxylation is 1.